The number of carboxylic acids is 1. The van der Waals surface area contributed by atoms with Crippen molar-refractivity contribution in [1.29, 1.82) is 0 Å². The number of anilines is 1. The van der Waals surface area contributed by atoms with Crippen LogP contribution >= 0.6 is 0 Å². The molecule has 1 atom stereocenters. The second-order valence-electron chi connectivity index (χ2n) is 5.19. The number of aryl methyl sites for hydroxylation is 1. The molecule has 2 N–H and O–H groups in total. The molecule has 1 aromatic heterocycles. The number of nitrogens with zero attached hydrogens (tertiary/aromatic N) is 2. The largest absolute Gasteiger partial charge is 0.478 e. The monoisotopic (exact) mass is 263 g/mol. The summed E-state index contributed by atoms with van der Waals surface area (Å²) in [4.78, 5) is 17.7. The molecule has 1 fully saturated rings. The average Bonchev–Trinajstić information content (AvgIpc) is 2.81. The van der Waals surface area contributed by atoms with E-state index < -0.39 is 5.97 Å². The Morgan fingerprint density at radius 3 is 2.74 bits per heavy atom. The molecule has 0 spiro atoms. The van der Waals surface area contributed by atoms with Gasteiger partial charge in [0.05, 0.1) is 11.3 Å². The molecular formula is C14H21N3O2. The SMILES string of the molecule is Cc1nc(NC(C)CN2CCCC2)ccc1C(=O)O. The summed E-state index contributed by atoms with van der Waals surface area (Å²) in [6.45, 7) is 7.20. The molecule has 2 rings (SSSR count). The van der Waals surface area contributed by atoms with Crippen LogP contribution in [0.4, 0.5) is 5.82 Å². The predicted molar refractivity (Wildman–Crippen MR) is 74.7 cm³/mol. The van der Waals surface area contributed by atoms with Crippen molar-refractivity contribution in [2.24, 2.45) is 0 Å². The second-order valence-corrected chi connectivity index (χ2v) is 5.19. The molecule has 0 saturated carbocycles. The lowest BCUT2D eigenvalue weighted by atomic mass is 10.2. The zero-order chi connectivity index (χ0) is 13.8. The molecule has 0 aromatic carbocycles. The Morgan fingerprint density at radius 1 is 1.47 bits per heavy atom. The normalized spacial score (nSPS) is 17.4. The summed E-state index contributed by atoms with van der Waals surface area (Å²) in [7, 11) is 0. The summed E-state index contributed by atoms with van der Waals surface area (Å²) < 4.78 is 0. The molecule has 2 heterocycles. The van der Waals surface area contributed by atoms with Gasteiger partial charge in [-0.05, 0) is 51.9 Å². The maximum atomic E-state index is 10.9. The first-order valence-corrected chi connectivity index (χ1v) is 6.76. The molecule has 104 valence electrons. The van der Waals surface area contributed by atoms with E-state index in [4.69, 9.17) is 5.11 Å². The van der Waals surface area contributed by atoms with Crippen LogP contribution in [-0.2, 0) is 0 Å². The van der Waals surface area contributed by atoms with E-state index in [0.717, 1.165) is 12.4 Å². The summed E-state index contributed by atoms with van der Waals surface area (Å²) in [5.74, 6) is -0.184. The minimum Gasteiger partial charge on any atom is -0.478 e. The highest BCUT2D eigenvalue weighted by atomic mass is 16.4. The maximum absolute atomic E-state index is 10.9. The lowest BCUT2D eigenvalue weighted by molar-refractivity contribution is 0.0695. The van der Waals surface area contributed by atoms with E-state index in [0.29, 0.717) is 11.7 Å². The van der Waals surface area contributed by atoms with Crippen molar-refractivity contribution < 1.29 is 9.90 Å². The number of nitrogens with one attached hydrogen (secondary N) is 1. The number of carboxylic acid groups (broad SMARTS) is 1. The van der Waals surface area contributed by atoms with Gasteiger partial charge in [-0.25, -0.2) is 9.78 Å². The van der Waals surface area contributed by atoms with Gasteiger partial charge in [-0.3, -0.25) is 0 Å². The summed E-state index contributed by atoms with van der Waals surface area (Å²) in [5, 5.41) is 12.3. The highest BCUT2D eigenvalue weighted by Crippen LogP contribution is 2.13. The van der Waals surface area contributed by atoms with Gasteiger partial charge in [0, 0.05) is 12.6 Å². The maximum Gasteiger partial charge on any atom is 0.337 e. The van der Waals surface area contributed by atoms with E-state index in [1.165, 1.54) is 25.9 Å². The molecular weight excluding hydrogens is 242 g/mol. The topological polar surface area (TPSA) is 65.5 Å². The third-order valence-electron chi connectivity index (χ3n) is 3.44. The van der Waals surface area contributed by atoms with Crippen LogP contribution in [0.1, 0.15) is 35.8 Å². The van der Waals surface area contributed by atoms with E-state index in [-0.39, 0.29) is 5.56 Å². The molecule has 0 bridgehead atoms. The van der Waals surface area contributed by atoms with Crippen LogP contribution in [0.3, 0.4) is 0 Å². The lowest BCUT2D eigenvalue weighted by Gasteiger charge is -2.21. The molecule has 1 saturated heterocycles. The van der Waals surface area contributed by atoms with Gasteiger partial charge in [0.15, 0.2) is 0 Å². The molecule has 1 aliphatic heterocycles. The lowest BCUT2D eigenvalue weighted by Crippen LogP contribution is -2.33. The average molecular weight is 263 g/mol. The highest BCUT2D eigenvalue weighted by molar-refractivity contribution is 5.89. The summed E-state index contributed by atoms with van der Waals surface area (Å²) in [6.07, 6.45) is 2.58. The van der Waals surface area contributed by atoms with Crippen LogP contribution in [0, 0.1) is 6.92 Å². The fourth-order valence-electron chi connectivity index (χ4n) is 2.52. The van der Waals surface area contributed by atoms with Crippen molar-refractivity contribution in [3.8, 4) is 0 Å². The first-order chi connectivity index (χ1) is 9.06. The Morgan fingerprint density at radius 2 is 2.16 bits per heavy atom. The van der Waals surface area contributed by atoms with Crippen LogP contribution in [0.25, 0.3) is 0 Å². The van der Waals surface area contributed by atoms with E-state index in [9.17, 15) is 4.79 Å². The zero-order valence-electron chi connectivity index (χ0n) is 11.5. The van der Waals surface area contributed by atoms with Gasteiger partial charge in [-0.2, -0.15) is 0 Å². The minimum absolute atomic E-state index is 0.262. The predicted octanol–water partition coefficient (Wildman–Crippen LogP) is 1.98. The van der Waals surface area contributed by atoms with Crippen LogP contribution in [0.15, 0.2) is 12.1 Å². The molecule has 1 unspecified atom stereocenters. The summed E-state index contributed by atoms with van der Waals surface area (Å²) in [5.41, 5.74) is 0.809. The first kappa shape index (κ1) is 13.8. The van der Waals surface area contributed by atoms with Crippen LogP contribution < -0.4 is 5.32 Å². The second kappa shape index (κ2) is 6.02. The number of carbonyl (C=O) groups is 1. The van der Waals surface area contributed by atoms with Gasteiger partial charge in [0.2, 0.25) is 0 Å². The number of rotatable bonds is 5. The summed E-state index contributed by atoms with van der Waals surface area (Å²) >= 11 is 0. The fourth-order valence-corrected chi connectivity index (χ4v) is 2.52. The third-order valence-corrected chi connectivity index (χ3v) is 3.44. The smallest absolute Gasteiger partial charge is 0.337 e. The molecule has 19 heavy (non-hydrogen) atoms. The quantitative estimate of drug-likeness (QED) is 0.850. The van der Waals surface area contributed by atoms with Crippen molar-refractivity contribution in [3.05, 3.63) is 23.4 Å². The molecule has 0 aliphatic carbocycles. The van der Waals surface area contributed by atoms with Crippen molar-refractivity contribution in [3.63, 3.8) is 0 Å². The molecule has 1 aromatic rings. The Labute approximate surface area is 113 Å². The molecule has 0 amide bonds. The van der Waals surface area contributed by atoms with Crippen molar-refractivity contribution in [2.45, 2.75) is 32.7 Å². The Hall–Kier alpha value is -1.62. The molecule has 5 heteroatoms. The van der Waals surface area contributed by atoms with E-state index in [1.54, 1.807) is 19.1 Å². The van der Waals surface area contributed by atoms with Gasteiger partial charge in [-0.15, -0.1) is 0 Å². The van der Waals surface area contributed by atoms with Crippen LogP contribution in [0.5, 0.6) is 0 Å². The van der Waals surface area contributed by atoms with Crippen LogP contribution in [-0.4, -0.2) is 46.6 Å². The molecule has 1 aliphatic rings. The van der Waals surface area contributed by atoms with Crippen molar-refractivity contribution >= 4 is 11.8 Å². The Balaban J connectivity index is 1.94. The van der Waals surface area contributed by atoms with Crippen molar-refractivity contribution in [2.75, 3.05) is 25.0 Å². The van der Waals surface area contributed by atoms with Gasteiger partial charge in [0.1, 0.15) is 5.82 Å². The third kappa shape index (κ3) is 3.67. The van der Waals surface area contributed by atoms with Gasteiger partial charge < -0.3 is 15.3 Å². The van der Waals surface area contributed by atoms with E-state index in [1.807, 2.05) is 0 Å². The number of likely N-dealkylation sites (tertiary alicyclic amines) is 1. The number of hydrogen-bond donors (Lipinski definition) is 2. The van der Waals surface area contributed by atoms with Gasteiger partial charge in [-0.1, -0.05) is 0 Å². The van der Waals surface area contributed by atoms with Gasteiger partial charge >= 0.3 is 5.97 Å². The number of hydrogen-bond acceptors (Lipinski definition) is 4. The highest BCUT2D eigenvalue weighted by Gasteiger charge is 2.15. The van der Waals surface area contributed by atoms with Gasteiger partial charge in [0.25, 0.3) is 0 Å². The minimum atomic E-state index is -0.929. The Bertz CT molecular complexity index is 456. The number of aromatic carboxylic acids is 1. The number of aromatic nitrogens is 1. The Kier molecular flexibility index (Phi) is 4.37. The van der Waals surface area contributed by atoms with Crippen molar-refractivity contribution in [1.82, 2.24) is 9.88 Å². The summed E-state index contributed by atoms with van der Waals surface area (Å²) in [6, 6.07) is 3.65. The standard InChI is InChI=1S/C14H21N3O2/c1-10(9-17-7-3-4-8-17)15-13-6-5-12(14(18)19)11(2)16-13/h5-6,10H,3-4,7-9H2,1-2H3,(H,15,16)(H,18,19). The van der Waals surface area contributed by atoms with Crippen LogP contribution in [0.2, 0.25) is 0 Å². The van der Waals surface area contributed by atoms with E-state index >= 15 is 0 Å². The fraction of sp³-hybridized carbons (Fsp3) is 0.571. The zero-order valence-corrected chi connectivity index (χ0v) is 11.5. The van der Waals surface area contributed by atoms with E-state index in [2.05, 4.69) is 22.1 Å². The number of pyridine rings is 1. The first-order valence-electron chi connectivity index (χ1n) is 6.76. The molecule has 5 nitrogen and oxygen atoms in total. The molecule has 0 radical (unpaired) electrons.